The maximum absolute atomic E-state index is 12.2. The largest absolute Gasteiger partial charge is 0.338 e. The van der Waals surface area contributed by atoms with E-state index in [2.05, 4.69) is 5.32 Å². The number of amides is 2. The van der Waals surface area contributed by atoms with E-state index in [9.17, 15) is 22.4 Å². The molecule has 2 N–H and O–H groups in total. The van der Waals surface area contributed by atoms with E-state index in [0.717, 1.165) is 0 Å². The zero-order valence-corrected chi connectivity index (χ0v) is 7.62. The van der Waals surface area contributed by atoms with Crippen molar-refractivity contribution in [1.29, 1.82) is 0 Å². The van der Waals surface area contributed by atoms with Gasteiger partial charge in [-0.05, 0) is 6.42 Å². The topological polar surface area (TPSA) is 41.1 Å². The normalized spacial score (nSPS) is 11.6. The monoisotopic (exact) mass is 216 g/mol. The first kappa shape index (κ1) is 13.0. The van der Waals surface area contributed by atoms with Crippen LogP contribution in [0.3, 0.4) is 0 Å². The highest BCUT2D eigenvalue weighted by Gasteiger charge is 2.40. The second-order valence-electron chi connectivity index (χ2n) is 2.67. The van der Waals surface area contributed by atoms with Crippen LogP contribution in [0.15, 0.2) is 0 Å². The summed E-state index contributed by atoms with van der Waals surface area (Å²) in [6, 6.07) is -0.868. The second-order valence-corrected chi connectivity index (χ2v) is 2.67. The molecule has 0 spiro atoms. The number of carbonyl (C=O) groups excluding carboxylic acids is 1. The van der Waals surface area contributed by atoms with Crippen LogP contribution < -0.4 is 10.6 Å². The van der Waals surface area contributed by atoms with Crippen molar-refractivity contribution in [2.45, 2.75) is 25.7 Å². The van der Waals surface area contributed by atoms with E-state index in [0.29, 0.717) is 13.0 Å². The highest BCUT2D eigenvalue weighted by Crippen LogP contribution is 2.21. The van der Waals surface area contributed by atoms with Crippen LogP contribution in [0.4, 0.5) is 22.4 Å². The van der Waals surface area contributed by atoms with Gasteiger partial charge < -0.3 is 10.6 Å². The highest BCUT2D eigenvalue weighted by atomic mass is 19.3. The lowest BCUT2D eigenvalue weighted by atomic mass is 10.3. The van der Waals surface area contributed by atoms with Crippen LogP contribution in [0.5, 0.6) is 0 Å². The van der Waals surface area contributed by atoms with Gasteiger partial charge in [0.2, 0.25) is 0 Å². The quantitative estimate of drug-likeness (QED) is 0.673. The van der Waals surface area contributed by atoms with Crippen LogP contribution in [0.1, 0.15) is 13.3 Å². The van der Waals surface area contributed by atoms with Crippen molar-refractivity contribution >= 4 is 6.03 Å². The van der Waals surface area contributed by atoms with Crippen molar-refractivity contribution in [2.24, 2.45) is 0 Å². The predicted molar refractivity (Wildman–Crippen MR) is 42.6 cm³/mol. The number of nitrogens with one attached hydrogen (secondary N) is 2. The molecule has 0 atom stereocenters. The Hall–Kier alpha value is -1.01. The number of carbonyl (C=O) groups is 1. The summed E-state index contributed by atoms with van der Waals surface area (Å²) in [7, 11) is 0. The van der Waals surface area contributed by atoms with E-state index in [1.165, 1.54) is 0 Å². The first-order valence-corrected chi connectivity index (χ1v) is 4.07. The number of rotatable bonds is 5. The zero-order chi connectivity index (χ0) is 11.2. The standard InChI is InChI=1S/C7H12F4N2O/c1-2-3-12-6(14)13-4-7(10,11)5(8)9/h5H,2-4H2,1H3,(H2,12,13,14). The maximum Gasteiger partial charge on any atom is 0.324 e. The number of halogens is 4. The van der Waals surface area contributed by atoms with Gasteiger partial charge in [-0.3, -0.25) is 0 Å². The number of urea groups is 1. The van der Waals surface area contributed by atoms with E-state index in [-0.39, 0.29) is 0 Å². The molecule has 0 saturated carbocycles. The van der Waals surface area contributed by atoms with Crippen LogP contribution >= 0.6 is 0 Å². The van der Waals surface area contributed by atoms with E-state index in [1.54, 1.807) is 12.2 Å². The van der Waals surface area contributed by atoms with Crippen LogP contribution in [0.2, 0.25) is 0 Å². The summed E-state index contributed by atoms with van der Waals surface area (Å²) in [6.07, 6.45) is -3.13. The maximum atomic E-state index is 12.2. The fraction of sp³-hybridized carbons (Fsp3) is 0.857. The van der Waals surface area contributed by atoms with Crippen molar-refractivity contribution in [2.75, 3.05) is 13.1 Å². The number of hydrogen-bond donors (Lipinski definition) is 2. The van der Waals surface area contributed by atoms with Gasteiger partial charge in [0.1, 0.15) is 0 Å². The third-order valence-electron chi connectivity index (χ3n) is 1.34. The van der Waals surface area contributed by atoms with Crippen LogP contribution in [0, 0.1) is 0 Å². The molecule has 2 amide bonds. The van der Waals surface area contributed by atoms with Crippen molar-refractivity contribution in [3.05, 3.63) is 0 Å². The van der Waals surface area contributed by atoms with Gasteiger partial charge in [0, 0.05) is 6.54 Å². The lowest BCUT2D eigenvalue weighted by Gasteiger charge is -2.15. The molecular weight excluding hydrogens is 204 g/mol. The summed E-state index contributed by atoms with van der Waals surface area (Å²) in [5.41, 5.74) is 0. The summed E-state index contributed by atoms with van der Waals surface area (Å²) in [5.74, 6) is -4.18. The Kier molecular flexibility index (Phi) is 5.26. The molecule has 0 aliphatic carbocycles. The Morgan fingerprint density at radius 3 is 2.36 bits per heavy atom. The van der Waals surface area contributed by atoms with E-state index >= 15 is 0 Å². The molecule has 0 heterocycles. The summed E-state index contributed by atoms with van der Waals surface area (Å²) < 4.78 is 47.7. The van der Waals surface area contributed by atoms with Gasteiger partial charge in [-0.2, -0.15) is 8.78 Å². The molecular formula is C7H12F4N2O. The molecule has 14 heavy (non-hydrogen) atoms. The molecule has 7 heteroatoms. The second kappa shape index (κ2) is 5.66. The van der Waals surface area contributed by atoms with Gasteiger partial charge in [-0.15, -0.1) is 0 Å². The molecule has 0 aliphatic rings. The molecule has 0 radical (unpaired) electrons. The van der Waals surface area contributed by atoms with Crippen LogP contribution in [0.25, 0.3) is 0 Å². The van der Waals surface area contributed by atoms with Crippen molar-refractivity contribution in [3.8, 4) is 0 Å². The molecule has 3 nitrogen and oxygen atoms in total. The van der Waals surface area contributed by atoms with Gasteiger partial charge >= 0.3 is 18.4 Å². The minimum absolute atomic E-state index is 0.312. The summed E-state index contributed by atoms with van der Waals surface area (Å²) in [5, 5.41) is 3.87. The Morgan fingerprint density at radius 2 is 1.93 bits per heavy atom. The van der Waals surface area contributed by atoms with Gasteiger partial charge in [-0.1, -0.05) is 6.92 Å². The SMILES string of the molecule is CCCNC(=O)NCC(F)(F)C(F)F. The summed E-state index contributed by atoms with van der Waals surface area (Å²) in [6.45, 7) is 0.723. The highest BCUT2D eigenvalue weighted by molar-refractivity contribution is 5.73. The minimum Gasteiger partial charge on any atom is -0.338 e. The fourth-order valence-corrected chi connectivity index (χ4v) is 0.576. The Morgan fingerprint density at radius 1 is 1.36 bits per heavy atom. The smallest absolute Gasteiger partial charge is 0.324 e. The van der Waals surface area contributed by atoms with Crippen molar-refractivity contribution < 1.29 is 22.4 Å². The molecule has 0 unspecified atom stereocenters. The average Bonchev–Trinajstić information content (AvgIpc) is 2.11. The van der Waals surface area contributed by atoms with Gasteiger partial charge in [-0.25, -0.2) is 13.6 Å². The van der Waals surface area contributed by atoms with Gasteiger partial charge in [0.25, 0.3) is 0 Å². The van der Waals surface area contributed by atoms with Crippen LogP contribution in [-0.4, -0.2) is 31.5 Å². The first-order valence-electron chi connectivity index (χ1n) is 4.07. The lowest BCUT2D eigenvalue weighted by molar-refractivity contribution is -0.123. The zero-order valence-electron chi connectivity index (χ0n) is 7.62. The molecule has 0 fully saturated rings. The lowest BCUT2D eigenvalue weighted by Crippen LogP contribution is -2.45. The van der Waals surface area contributed by atoms with E-state index in [4.69, 9.17) is 0 Å². The number of alkyl halides is 4. The first-order chi connectivity index (χ1) is 6.40. The third-order valence-corrected chi connectivity index (χ3v) is 1.34. The molecule has 0 aromatic rings. The molecule has 0 aromatic heterocycles. The molecule has 0 aromatic carbocycles. The predicted octanol–water partition coefficient (Wildman–Crippen LogP) is 1.60. The van der Waals surface area contributed by atoms with Gasteiger partial charge in [0.15, 0.2) is 0 Å². The van der Waals surface area contributed by atoms with Gasteiger partial charge in [0.05, 0.1) is 6.54 Å². The Bertz CT molecular complexity index is 187. The third kappa shape index (κ3) is 4.88. The van der Waals surface area contributed by atoms with E-state index < -0.39 is 24.9 Å². The van der Waals surface area contributed by atoms with E-state index in [1.807, 2.05) is 0 Å². The molecule has 84 valence electrons. The van der Waals surface area contributed by atoms with Crippen LogP contribution in [-0.2, 0) is 0 Å². The average molecular weight is 216 g/mol. The summed E-state index contributed by atoms with van der Waals surface area (Å²) in [4.78, 5) is 10.7. The molecule has 0 aliphatic heterocycles. The summed E-state index contributed by atoms with van der Waals surface area (Å²) >= 11 is 0. The van der Waals surface area contributed by atoms with Crippen molar-refractivity contribution in [3.63, 3.8) is 0 Å². The fourth-order valence-electron chi connectivity index (χ4n) is 0.576. The number of hydrogen-bond acceptors (Lipinski definition) is 1. The molecule has 0 rings (SSSR count). The molecule has 0 saturated heterocycles. The minimum atomic E-state index is -4.18. The van der Waals surface area contributed by atoms with Crippen molar-refractivity contribution in [1.82, 2.24) is 10.6 Å². The Labute approximate surface area is 78.9 Å². The molecule has 0 bridgehead atoms. The Balaban J connectivity index is 3.76.